The molecule has 19 heteroatoms. The van der Waals surface area contributed by atoms with Crippen LogP contribution in [0.15, 0.2) is 18.1 Å². The third kappa shape index (κ3) is 6.30. The minimum absolute atomic E-state index is 0.442. The van der Waals surface area contributed by atoms with Crippen molar-refractivity contribution in [3.05, 3.63) is 0 Å². The van der Waals surface area contributed by atoms with Crippen LogP contribution in [0.4, 0.5) is 33.6 Å². The molecule has 0 spiro atoms. The fraction of sp³-hybridized carbons (Fsp3) is 0.500. The van der Waals surface area contributed by atoms with Gasteiger partial charge in [0, 0.05) is 7.11 Å². The molecule has 0 saturated heterocycles. The van der Waals surface area contributed by atoms with Crippen LogP contribution >= 0.6 is 38.7 Å². The fourth-order valence-electron chi connectivity index (χ4n) is 0.923. The van der Waals surface area contributed by atoms with E-state index in [2.05, 4.69) is 15.3 Å². The van der Waals surface area contributed by atoms with Crippen LogP contribution in [0.25, 0.3) is 0 Å². The number of nitrogens with zero attached hydrogens (tertiary/aromatic N) is 4. The van der Waals surface area contributed by atoms with Crippen molar-refractivity contribution in [2.24, 2.45) is 18.1 Å². The Bertz CT molecular complexity index is 696. The highest BCUT2D eigenvalue weighted by Gasteiger charge is 2.39. The minimum atomic E-state index is -6.55. The molecule has 0 bridgehead atoms. The Balaban J connectivity index is 3.85. The summed E-state index contributed by atoms with van der Waals surface area (Å²) in [4.78, 5) is 0.655. The van der Waals surface area contributed by atoms with Crippen LogP contribution in [0.1, 0.15) is 0 Å². The Hall–Kier alpha value is 0.580. The Morgan fingerprint density at radius 3 is 1.76 bits per heavy atom. The maximum Gasteiger partial charge on any atom is 0.425 e. The summed E-state index contributed by atoms with van der Waals surface area (Å²) in [6.07, 6.45) is 2.44. The number of halogens is 8. The predicted molar refractivity (Wildman–Crippen MR) is 70.4 cm³/mol. The lowest BCUT2D eigenvalue weighted by atomic mass is 11.8. The lowest BCUT2D eigenvalue weighted by Crippen LogP contribution is -1.97. The highest BCUT2D eigenvalue weighted by molar-refractivity contribution is 7.83. The molecule has 0 aromatic carbocycles. The Morgan fingerprint density at radius 2 is 1.29 bits per heavy atom. The van der Waals surface area contributed by atoms with Crippen molar-refractivity contribution in [1.29, 1.82) is 0 Å². The smallest absolute Gasteiger partial charge is 0.307 e. The number of hydrogen-bond donors (Lipinski definition) is 1. The maximum absolute atomic E-state index is 13.8. The summed E-state index contributed by atoms with van der Waals surface area (Å²) in [5, 5.41) is 0. The molecule has 1 N–H and O–H groups in total. The zero-order chi connectivity index (χ0) is 16.7. The van der Waals surface area contributed by atoms with Gasteiger partial charge in [-0.1, -0.05) is 0 Å². The van der Waals surface area contributed by atoms with E-state index in [0.29, 0.717) is 12.0 Å². The first-order valence-electron chi connectivity index (χ1n) is 4.31. The molecule has 1 heterocycles. The molecule has 1 aliphatic heterocycles. The average molecular weight is 423 g/mol. The first kappa shape index (κ1) is 19.6. The Morgan fingerprint density at radius 1 is 0.810 bits per heavy atom. The quantitative estimate of drug-likeness (QED) is 0.343. The van der Waals surface area contributed by atoms with Crippen LogP contribution in [0.2, 0.25) is 0 Å². The van der Waals surface area contributed by atoms with Crippen molar-refractivity contribution in [2.45, 2.75) is 0 Å². The van der Waals surface area contributed by atoms with Gasteiger partial charge in [-0.3, -0.25) is 0 Å². The molecule has 0 saturated carbocycles. The van der Waals surface area contributed by atoms with E-state index in [1.165, 1.54) is 4.52 Å². The van der Waals surface area contributed by atoms with Crippen LogP contribution in [0, 0.1) is 0 Å². The molecule has 0 aromatic rings. The molecule has 6 nitrogen and oxygen atoms in total. The summed E-state index contributed by atoms with van der Waals surface area (Å²) >= 11 is 0. The largest absolute Gasteiger partial charge is 0.425 e. The van der Waals surface area contributed by atoms with E-state index in [0.717, 1.165) is 0 Å². The van der Waals surface area contributed by atoms with Crippen molar-refractivity contribution in [1.82, 2.24) is 4.86 Å². The van der Waals surface area contributed by atoms with E-state index >= 15 is 0 Å². The van der Waals surface area contributed by atoms with Gasteiger partial charge in [0.2, 0.25) is 7.50 Å². The van der Waals surface area contributed by atoms with E-state index < -0.39 is 38.7 Å². The van der Waals surface area contributed by atoms with Crippen molar-refractivity contribution < 1.29 is 38.1 Å². The number of rotatable bonds is 1. The highest BCUT2D eigenvalue weighted by Crippen LogP contribution is 2.80. The molecular formula is C2H6F8N5OP5. The van der Waals surface area contributed by atoms with Gasteiger partial charge >= 0.3 is 31.2 Å². The first-order valence-corrected chi connectivity index (χ1v) is 12.1. The second-order valence-corrected chi connectivity index (χ2v) is 12.3. The van der Waals surface area contributed by atoms with E-state index in [9.17, 15) is 33.6 Å². The molecule has 0 amide bonds. The highest BCUT2D eigenvalue weighted by atomic mass is 31.3. The van der Waals surface area contributed by atoms with E-state index in [-0.39, 0.29) is 0 Å². The summed E-state index contributed by atoms with van der Waals surface area (Å²) in [7, 11) is -29.5. The van der Waals surface area contributed by atoms with Crippen molar-refractivity contribution in [3.8, 4) is 0 Å². The molecule has 2 atom stereocenters. The van der Waals surface area contributed by atoms with Gasteiger partial charge < -0.3 is 4.52 Å². The van der Waals surface area contributed by atoms with Crippen LogP contribution in [-0.4, -0.2) is 13.4 Å². The zero-order valence-electron chi connectivity index (χ0n) is 9.66. The Kier molecular flexibility index (Phi) is 5.51. The second-order valence-electron chi connectivity index (χ2n) is 3.19. The second kappa shape index (κ2) is 5.90. The lowest BCUT2D eigenvalue weighted by Gasteiger charge is -2.18. The standard InChI is InChI=1S/C2H6F8N5OP5/c1-16-21(10)12-17(2,3)11-18(4,5)13-19(6,7)14-20(8,9)15-21/h11H,2H2,1H3. The maximum atomic E-state index is 13.8. The van der Waals surface area contributed by atoms with E-state index in [4.69, 9.17) is 0 Å². The number of nitrogens with one attached hydrogen (secondary N) is 1. The van der Waals surface area contributed by atoms with Crippen LogP contribution in [0.5, 0.6) is 0 Å². The van der Waals surface area contributed by atoms with E-state index in [1.807, 2.05) is 4.52 Å². The molecule has 1 aliphatic rings. The van der Waals surface area contributed by atoms with Gasteiger partial charge in [0.1, 0.15) is 0 Å². The number of hydrogen-bond acceptors (Lipinski definition) is 6. The average Bonchev–Trinajstić information content (AvgIpc) is 2.06. The van der Waals surface area contributed by atoms with Gasteiger partial charge in [0.15, 0.2) is 0 Å². The van der Waals surface area contributed by atoms with Crippen LogP contribution in [-0.2, 0) is 4.52 Å². The van der Waals surface area contributed by atoms with Gasteiger partial charge in [0.05, 0.1) is 0 Å². The summed E-state index contributed by atoms with van der Waals surface area (Å²) in [5.74, 6) is 0. The van der Waals surface area contributed by atoms with Gasteiger partial charge in [-0.05, 0) is 6.30 Å². The molecule has 0 aromatic heterocycles. The van der Waals surface area contributed by atoms with Gasteiger partial charge in [-0.2, -0.15) is 26.2 Å². The summed E-state index contributed by atoms with van der Waals surface area (Å²) < 4.78 is 117. The molecule has 0 fully saturated rings. The molecule has 0 aliphatic carbocycles. The first-order chi connectivity index (χ1) is 9.10. The minimum Gasteiger partial charge on any atom is -0.307 e. The monoisotopic (exact) mass is 423 g/mol. The van der Waals surface area contributed by atoms with Crippen molar-refractivity contribution >= 4 is 45.0 Å². The predicted octanol–water partition coefficient (Wildman–Crippen LogP) is 7.97. The summed E-state index contributed by atoms with van der Waals surface area (Å²) in [5.41, 5.74) is 0. The van der Waals surface area contributed by atoms with Gasteiger partial charge in [-0.15, -0.1) is 30.3 Å². The Labute approximate surface area is 114 Å². The molecule has 126 valence electrons. The van der Waals surface area contributed by atoms with Gasteiger partial charge in [-0.25, -0.2) is 0 Å². The summed E-state index contributed by atoms with van der Waals surface area (Å²) in [6, 6.07) is 0. The van der Waals surface area contributed by atoms with Gasteiger partial charge in [0.25, 0.3) is 0 Å². The molecule has 2 unspecified atom stereocenters. The van der Waals surface area contributed by atoms with Crippen LogP contribution < -0.4 is 4.86 Å². The normalized spacial score (nSPS) is 38.1. The molecule has 0 radical (unpaired) electrons. The molecule has 21 heavy (non-hydrogen) atoms. The SMILES string of the molecule is C=P1(F)N=P(F)(OC)N=P(F)(F)N=P(F)(F)N=P(F)(F)N1. The lowest BCUT2D eigenvalue weighted by molar-refractivity contribution is 0.421. The molecular weight excluding hydrogens is 417 g/mol. The third-order valence-electron chi connectivity index (χ3n) is 1.41. The molecule has 1 rings (SSSR count). The van der Waals surface area contributed by atoms with E-state index in [1.54, 1.807) is 4.52 Å². The zero-order valence-corrected chi connectivity index (χ0v) is 14.1. The van der Waals surface area contributed by atoms with Crippen molar-refractivity contribution in [3.63, 3.8) is 0 Å². The third-order valence-corrected chi connectivity index (χ3v) is 11.3. The topological polar surface area (TPSA) is 70.7 Å². The fourth-order valence-corrected chi connectivity index (χ4v) is 10.00. The van der Waals surface area contributed by atoms with Crippen LogP contribution in [0.3, 0.4) is 0 Å². The van der Waals surface area contributed by atoms with Crippen molar-refractivity contribution in [2.75, 3.05) is 7.11 Å². The summed E-state index contributed by atoms with van der Waals surface area (Å²) in [6.45, 7) is 0.